The maximum Gasteiger partial charge on any atom is 0.460 e. The molecule has 0 atom stereocenters. The smallest absolute Gasteiger partial charge is 0.200 e. The van der Waals surface area contributed by atoms with Gasteiger partial charge in [-0.3, -0.25) is 0 Å². The van der Waals surface area contributed by atoms with E-state index in [9.17, 15) is 79.0 Å². The molecule has 0 aromatic carbocycles. The summed E-state index contributed by atoms with van der Waals surface area (Å²) >= 11 is 0. The molecule has 0 unspecified atom stereocenters. The average molecular weight is 638 g/mol. The van der Waals surface area contributed by atoms with E-state index in [4.69, 9.17) is 0 Å². The second kappa shape index (κ2) is 12.6. The summed E-state index contributed by atoms with van der Waals surface area (Å²) in [6, 6.07) is 0. The second-order valence-corrected chi connectivity index (χ2v) is 12.0. The van der Waals surface area contributed by atoms with Crippen molar-refractivity contribution in [2.24, 2.45) is 5.92 Å². The van der Waals surface area contributed by atoms with Gasteiger partial charge in [-0.25, -0.2) is 0 Å². The highest BCUT2D eigenvalue weighted by molar-refractivity contribution is 7.57. The van der Waals surface area contributed by atoms with Crippen molar-refractivity contribution < 1.29 is 79.0 Å². The van der Waals surface area contributed by atoms with Crippen LogP contribution < -0.4 is 0 Å². The predicted molar refractivity (Wildman–Crippen MR) is 106 cm³/mol. The summed E-state index contributed by atoms with van der Waals surface area (Å²) < 4.78 is 235. The van der Waals surface area contributed by atoms with Crippen molar-refractivity contribution in [2.45, 2.75) is 100 Å². The maximum absolute atomic E-state index is 13.9. The Morgan fingerprint density at radius 3 is 1.05 bits per heavy atom. The quantitative estimate of drug-likeness (QED) is 0.0897. The molecule has 0 aliphatic carbocycles. The zero-order chi connectivity index (χ0) is 31.5. The van der Waals surface area contributed by atoms with Crippen LogP contribution in [0.4, 0.5) is 79.0 Å². The molecule has 0 aliphatic heterocycles. The van der Waals surface area contributed by atoms with Crippen molar-refractivity contribution in [3.05, 3.63) is 0 Å². The molecule has 0 aliphatic rings. The van der Waals surface area contributed by atoms with Crippen LogP contribution in [0, 0.1) is 5.92 Å². The summed E-state index contributed by atoms with van der Waals surface area (Å²) in [4.78, 5) is 0. The highest BCUT2D eigenvalue weighted by Gasteiger charge is 2.82. The molecule has 0 bridgehead atoms. The Balaban J connectivity index is 5.82. The van der Waals surface area contributed by atoms with Crippen molar-refractivity contribution in [3.8, 4) is 0 Å². The Kier molecular flexibility index (Phi) is 12.3. The van der Waals surface area contributed by atoms with Crippen molar-refractivity contribution in [3.63, 3.8) is 0 Å². The predicted octanol–water partition coefficient (Wildman–Crippen LogP) is 10.4. The first-order valence-corrected chi connectivity index (χ1v) is 13.0. The molecule has 19 heteroatoms. The summed E-state index contributed by atoms with van der Waals surface area (Å²) in [6.45, 7) is 3.57. The molecule has 0 radical (unpaired) electrons. The zero-order valence-electron chi connectivity index (χ0n) is 20.2. The van der Waals surface area contributed by atoms with E-state index in [1.54, 1.807) is 13.8 Å². The second-order valence-electron chi connectivity index (χ2n) is 9.29. The minimum atomic E-state index is -7.23. The summed E-state index contributed by atoms with van der Waals surface area (Å²) in [6.07, 6.45) is -21.5. The monoisotopic (exact) mass is 638 g/mol. The molecule has 0 aromatic heterocycles. The van der Waals surface area contributed by atoms with Gasteiger partial charge in [-0.2, -0.15) is 79.0 Å². The molecule has 0 nitrogen and oxygen atoms in total. The number of rotatable bonds is 16. The summed E-state index contributed by atoms with van der Waals surface area (Å²) in [5.74, 6) is -40.6. The minimum Gasteiger partial charge on any atom is -0.200 e. The molecule has 0 saturated carbocycles. The van der Waals surface area contributed by atoms with Crippen LogP contribution in [0.25, 0.3) is 0 Å². The SMILES string of the molecule is CC(C)CCCCCP(CCC(F)(F)C(F)(F)C(F)(F)C(F)(F)F)CCC(F)(F)C(F)(F)C(F)(F)C(F)(F)F. The van der Waals surface area contributed by atoms with E-state index in [0.717, 1.165) is 0 Å². The van der Waals surface area contributed by atoms with Gasteiger partial charge in [0.05, 0.1) is 0 Å². The van der Waals surface area contributed by atoms with E-state index in [-0.39, 0.29) is 18.8 Å². The Hall–Kier alpha value is -0.830. The van der Waals surface area contributed by atoms with Crippen LogP contribution in [-0.4, -0.2) is 66.4 Å². The van der Waals surface area contributed by atoms with Crippen LogP contribution in [0.3, 0.4) is 0 Å². The molecule has 0 fully saturated rings. The Labute approximate surface area is 212 Å². The third-order valence-corrected chi connectivity index (χ3v) is 8.32. The zero-order valence-corrected chi connectivity index (χ0v) is 21.1. The van der Waals surface area contributed by atoms with Crippen molar-refractivity contribution >= 4 is 7.92 Å². The highest BCUT2D eigenvalue weighted by atomic mass is 31.1. The molecule has 0 spiro atoms. The van der Waals surface area contributed by atoms with Crippen LogP contribution in [0.1, 0.15) is 52.4 Å². The van der Waals surface area contributed by atoms with Crippen LogP contribution in [-0.2, 0) is 0 Å². The standard InChI is InChI=1S/C20H25F18P/c1-12(2)6-4-3-5-9-39(10-7-13(21,22)15(25,26)17(29,30)19(33,34)35)11-8-14(23,24)16(27,28)18(31,32)20(36,37)38/h12H,3-11H2,1-2H3. The molecular formula is C20H25F18P. The molecule has 0 N–H and O–H groups in total. The fraction of sp³-hybridized carbons (Fsp3) is 1.00. The first-order chi connectivity index (χ1) is 17.0. The number of alkyl halides is 18. The van der Waals surface area contributed by atoms with Crippen molar-refractivity contribution in [2.75, 3.05) is 18.5 Å². The van der Waals surface area contributed by atoms with Crippen LogP contribution in [0.5, 0.6) is 0 Å². The third kappa shape index (κ3) is 8.59. The van der Waals surface area contributed by atoms with Gasteiger partial charge in [0.25, 0.3) is 0 Å². The first kappa shape index (κ1) is 38.2. The van der Waals surface area contributed by atoms with Gasteiger partial charge in [-0.05, 0) is 30.8 Å². The average Bonchev–Trinajstić information content (AvgIpc) is 2.72. The van der Waals surface area contributed by atoms with Gasteiger partial charge >= 0.3 is 47.9 Å². The van der Waals surface area contributed by atoms with Gasteiger partial charge in [0.15, 0.2) is 0 Å². The highest BCUT2D eigenvalue weighted by Crippen LogP contribution is 2.57. The Morgan fingerprint density at radius 2 is 0.769 bits per heavy atom. The fourth-order valence-electron chi connectivity index (χ4n) is 3.13. The number of halogens is 18. The van der Waals surface area contributed by atoms with Crippen LogP contribution in [0.15, 0.2) is 0 Å². The van der Waals surface area contributed by atoms with Gasteiger partial charge < -0.3 is 0 Å². The van der Waals surface area contributed by atoms with Gasteiger partial charge in [0, 0.05) is 12.8 Å². The van der Waals surface area contributed by atoms with E-state index < -0.39 is 87.1 Å². The molecular weight excluding hydrogens is 613 g/mol. The van der Waals surface area contributed by atoms with E-state index in [2.05, 4.69) is 0 Å². The van der Waals surface area contributed by atoms with Crippen LogP contribution in [0.2, 0.25) is 0 Å². The molecule has 0 amide bonds. The third-order valence-electron chi connectivity index (χ3n) is 5.66. The number of hydrogen-bond acceptors (Lipinski definition) is 0. The van der Waals surface area contributed by atoms with Gasteiger partial charge in [0.1, 0.15) is 0 Å². The number of unbranched alkanes of at least 4 members (excludes halogenated alkanes) is 2. The lowest BCUT2D eigenvalue weighted by Crippen LogP contribution is -2.61. The van der Waals surface area contributed by atoms with Crippen molar-refractivity contribution in [1.29, 1.82) is 0 Å². The van der Waals surface area contributed by atoms with Gasteiger partial charge in [-0.15, -0.1) is 7.92 Å². The lowest BCUT2D eigenvalue weighted by atomic mass is 10.0. The minimum absolute atomic E-state index is 0.0836. The fourth-order valence-corrected chi connectivity index (χ4v) is 5.66. The number of hydrogen-bond donors (Lipinski definition) is 0. The van der Waals surface area contributed by atoms with E-state index in [1.807, 2.05) is 0 Å². The molecule has 0 rings (SSSR count). The van der Waals surface area contributed by atoms with Crippen molar-refractivity contribution in [1.82, 2.24) is 0 Å². The van der Waals surface area contributed by atoms with E-state index in [0.29, 0.717) is 12.8 Å². The first-order valence-electron chi connectivity index (χ1n) is 11.1. The normalized spacial score (nSPS) is 15.5. The molecule has 0 saturated heterocycles. The maximum atomic E-state index is 13.9. The van der Waals surface area contributed by atoms with Crippen LogP contribution >= 0.6 is 7.92 Å². The largest absolute Gasteiger partial charge is 0.460 e. The topological polar surface area (TPSA) is 0 Å². The van der Waals surface area contributed by atoms with Gasteiger partial charge in [0.2, 0.25) is 0 Å². The van der Waals surface area contributed by atoms with E-state index >= 15 is 0 Å². The summed E-state index contributed by atoms with van der Waals surface area (Å²) in [5.41, 5.74) is 0. The van der Waals surface area contributed by atoms with E-state index in [1.165, 1.54) is 0 Å². The summed E-state index contributed by atoms with van der Waals surface area (Å²) in [7, 11) is -2.62. The molecule has 39 heavy (non-hydrogen) atoms. The summed E-state index contributed by atoms with van der Waals surface area (Å²) in [5, 5.41) is 0. The molecule has 0 heterocycles. The lowest BCUT2D eigenvalue weighted by molar-refractivity contribution is -0.396. The molecule has 236 valence electrons. The Bertz CT molecular complexity index is 699. The lowest BCUT2D eigenvalue weighted by Gasteiger charge is -2.35. The Morgan fingerprint density at radius 1 is 0.436 bits per heavy atom. The molecule has 0 aromatic rings. The van der Waals surface area contributed by atoms with Gasteiger partial charge in [-0.1, -0.05) is 33.1 Å².